The molecule has 1 amide bonds. The van der Waals surface area contributed by atoms with Crippen LogP contribution in [0.25, 0.3) is 5.70 Å². The number of nitrogens with zero attached hydrogens (tertiary/aromatic N) is 2. The maximum Gasteiger partial charge on any atom is 0.241 e. The molecule has 0 saturated carbocycles. The molecular weight excluding hydrogens is 312 g/mol. The molecular formula is C20H26N4O. The van der Waals surface area contributed by atoms with Gasteiger partial charge in [0.15, 0.2) is 0 Å². The molecule has 2 aliphatic rings. The van der Waals surface area contributed by atoms with Gasteiger partial charge in [-0.05, 0) is 30.5 Å². The van der Waals surface area contributed by atoms with E-state index in [0.717, 1.165) is 47.7 Å². The summed E-state index contributed by atoms with van der Waals surface area (Å²) in [5.41, 5.74) is 6.36. The van der Waals surface area contributed by atoms with E-state index >= 15 is 0 Å². The van der Waals surface area contributed by atoms with Gasteiger partial charge >= 0.3 is 0 Å². The first kappa shape index (κ1) is 17.1. The summed E-state index contributed by atoms with van der Waals surface area (Å²) in [6.45, 7) is 13.6. The molecule has 1 aromatic rings. The third-order valence-electron chi connectivity index (χ3n) is 4.89. The molecule has 0 radical (unpaired) electrons. The number of carbonyl (C=O) groups is 1. The molecule has 3 rings (SSSR count). The van der Waals surface area contributed by atoms with Crippen molar-refractivity contribution < 1.29 is 4.79 Å². The van der Waals surface area contributed by atoms with E-state index in [0.29, 0.717) is 0 Å². The molecule has 5 nitrogen and oxygen atoms in total. The van der Waals surface area contributed by atoms with E-state index in [2.05, 4.69) is 47.4 Å². The minimum atomic E-state index is 0.0470. The molecule has 0 aliphatic carbocycles. The lowest BCUT2D eigenvalue weighted by Gasteiger charge is -2.36. The first-order chi connectivity index (χ1) is 11.9. The summed E-state index contributed by atoms with van der Waals surface area (Å²) in [5, 5.41) is 6.47. The Morgan fingerprint density at radius 2 is 2.12 bits per heavy atom. The number of fused-ring (bicyclic) bond motifs is 1. The van der Waals surface area contributed by atoms with Crippen molar-refractivity contribution in [2.24, 2.45) is 0 Å². The topological polar surface area (TPSA) is 47.6 Å². The number of hydrogen-bond acceptors (Lipinski definition) is 4. The van der Waals surface area contributed by atoms with Crippen LogP contribution in [0.2, 0.25) is 0 Å². The number of rotatable bonds is 4. The van der Waals surface area contributed by atoms with Crippen LogP contribution in [0.5, 0.6) is 0 Å². The Balaban J connectivity index is 1.72. The van der Waals surface area contributed by atoms with Crippen molar-refractivity contribution in [3.8, 4) is 0 Å². The highest BCUT2D eigenvalue weighted by atomic mass is 16.2. The van der Waals surface area contributed by atoms with Crippen LogP contribution >= 0.6 is 0 Å². The molecule has 2 N–H and O–H groups in total. The molecule has 1 saturated heterocycles. The van der Waals surface area contributed by atoms with Crippen LogP contribution in [0.4, 0.5) is 5.69 Å². The minimum absolute atomic E-state index is 0.0470. The molecule has 1 unspecified atom stereocenters. The quantitative estimate of drug-likeness (QED) is 0.886. The third-order valence-corrected chi connectivity index (χ3v) is 4.89. The van der Waals surface area contributed by atoms with Crippen molar-refractivity contribution in [3.05, 3.63) is 60.5 Å². The van der Waals surface area contributed by atoms with E-state index in [-0.39, 0.29) is 18.5 Å². The lowest BCUT2D eigenvalue weighted by molar-refractivity contribution is -0.126. The molecule has 5 heteroatoms. The van der Waals surface area contributed by atoms with E-state index in [9.17, 15) is 4.79 Å². The van der Waals surface area contributed by atoms with Gasteiger partial charge in [0.1, 0.15) is 0 Å². The van der Waals surface area contributed by atoms with Gasteiger partial charge in [-0.25, -0.2) is 0 Å². The highest BCUT2D eigenvalue weighted by molar-refractivity contribution is 5.81. The van der Waals surface area contributed by atoms with E-state index in [1.807, 2.05) is 6.07 Å². The zero-order valence-corrected chi connectivity index (χ0v) is 15.1. The van der Waals surface area contributed by atoms with Crippen molar-refractivity contribution in [1.82, 2.24) is 15.1 Å². The smallest absolute Gasteiger partial charge is 0.241 e. The normalized spacial score (nSPS) is 19.5. The number of piperidine rings is 1. The highest BCUT2D eigenvalue weighted by Crippen LogP contribution is 2.38. The van der Waals surface area contributed by atoms with Gasteiger partial charge in [-0.2, -0.15) is 0 Å². The molecule has 2 heterocycles. The maximum atomic E-state index is 11.7. The largest absolute Gasteiger partial charge is 0.376 e. The van der Waals surface area contributed by atoms with Gasteiger partial charge in [0.25, 0.3) is 0 Å². The molecule has 132 valence electrons. The van der Waals surface area contributed by atoms with Gasteiger partial charge in [0.2, 0.25) is 5.91 Å². The fourth-order valence-electron chi connectivity index (χ4n) is 3.36. The van der Waals surface area contributed by atoms with Gasteiger partial charge in [-0.15, -0.1) is 0 Å². The Kier molecular flexibility index (Phi) is 4.57. The first-order valence-corrected chi connectivity index (χ1v) is 8.53. The number of benzene rings is 1. The second kappa shape index (κ2) is 6.67. The molecule has 1 aromatic carbocycles. The monoisotopic (exact) mass is 338 g/mol. The Hall–Kier alpha value is -2.69. The molecule has 2 aliphatic heterocycles. The van der Waals surface area contributed by atoms with Crippen LogP contribution in [0.3, 0.4) is 0 Å². The number of allylic oxidation sites excluding steroid dienone is 1. The highest BCUT2D eigenvalue weighted by Gasteiger charge is 2.32. The Morgan fingerprint density at radius 3 is 2.80 bits per heavy atom. The Morgan fingerprint density at radius 1 is 1.36 bits per heavy atom. The lowest BCUT2D eigenvalue weighted by Crippen LogP contribution is -2.39. The van der Waals surface area contributed by atoms with Crippen LogP contribution < -0.4 is 10.6 Å². The fourth-order valence-corrected chi connectivity index (χ4v) is 3.36. The summed E-state index contributed by atoms with van der Waals surface area (Å²) in [4.78, 5) is 15.6. The van der Waals surface area contributed by atoms with Crippen LogP contribution in [0, 0.1) is 0 Å². The average Bonchev–Trinajstić information content (AvgIpc) is 2.89. The molecule has 1 fully saturated rings. The molecule has 25 heavy (non-hydrogen) atoms. The van der Waals surface area contributed by atoms with Gasteiger partial charge < -0.3 is 20.4 Å². The number of anilines is 1. The third kappa shape index (κ3) is 3.40. The summed E-state index contributed by atoms with van der Waals surface area (Å²) in [5.74, 6) is 0.0470. The number of carbonyl (C=O) groups excluding carboxylic acids is 1. The summed E-state index contributed by atoms with van der Waals surface area (Å²) in [6.07, 6.45) is 1.95. The summed E-state index contributed by atoms with van der Waals surface area (Å²) < 4.78 is 0. The second-order valence-electron chi connectivity index (χ2n) is 6.90. The van der Waals surface area contributed by atoms with E-state index < -0.39 is 0 Å². The number of nitrogens with one attached hydrogen (secondary N) is 2. The summed E-state index contributed by atoms with van der Waals surface area (Å²) in [6, 6.07) is 6.45. The molecule has 0 aromatic heterocycles. The Labute approximate surface area is 149 Å². The number of hydrogen-bond donors (Lipinski definition) is 2. The zero-order valence-electron chi connectivity index (χ0n) is 15.1. The predicted molar refractivity (Wildman–Crippen MR) is 103 cm³/mol. The van der Waals surface area contributed by atoms with Gasteiger partial charge in [-0.3, -0.25) is 4.79 Å². The van der Waals surface area contributed by atoms with Crippen molar-refractivity contribution in [1.29, 1.82) is 0 Å². The van der Waals surface area contributed by atoms with Gasteiger partial charge in [0, 0.05) is 49.0 Å². The summed E-state index contributed by atoms with van der Waals surface area (Å²) >= 11 is 0. The van der Waals surface area contributed by atoms with E-state index in [4.69, 9.17) is 0 Å². The number of likely N-dealkylation sites (N-methyl/N-ethyl adjacent to an activating group) is 1. The molecule has 0 spiro atoms. The van der Waals surface area contributed by atoms with Crippen molar-refractivity contribution in [2.45, 2.75) is 25.4 Å². The SMILES string of the molecule is C=C1CCC(N2Cc3ccc(NCC(=O)N(C)C)cc3C2=C)C(=C)N1. The number of amides is 1. The average molecular weight is 338 g/mol. The van der Waals surface area contributed by atoms with Crippen LogP contribution in [0.1, 0.15) is 24.0 Å². The molecule has 1 atom stereocenters. The van der Waals surface area contributed by atoms with Crippen LogP contribution in [-0.2, 0) is 11.3 Å². The van der Waals surface area contributed by atoms with Gasteiger partial charge in [-0.1, -0.05) is 25.8 Å². The minimum Gasteiger partial charge on any atom is -0.376 e. The standard InChI is InChI=1S/C20H26N4O/c1-13-6-9-19(14(2)22-13)24-12-16-7-8-17(10-18(16)15(24)3)21-11-20(25)23(4)5/h7-8,10,19,21-22H,1-3,6,9,11-12H2,4-5H3. The lowest BCUT2D eigenvalue weighted by atomic mass is 10.0. The van der Waals surface area contributed by atoms with E-state index in [1.165, 1.54) is 5.56 Å². The Bertz CT molecular complexity index is 750. The van der Waals surface area contributed by atoms with Gasteiger partial charge in [0.05, 0.1) is 12.6 Å². The van der Waals surface area contributed by atoms with Crippen molar-refractivity contribution in [2.75, 3.05) is 26.0 Å². The van der Waals surface area contributed by atoms with Crippen molar-refractivity contribution >= 4 is 17.3 Å². The maximum absolute atomic E-state index is 11.7. The zero-order chi connectivity index (χ0) is 18.1. The van der Waals surface area contributed by atoms with Crippen LogP contribution in [0.15, 0.2) is 49.3 Å². The second-order valence-corrected chi connectivity index (χ2v) is 6.90. The fraction of sp³-hybridized carbons (Fsp3) is 0.350. The van der Waals surface area contributed by atoms with E-state index in [1.54, 1.807) is 19.0 Å². The molecule has 0 bridgehead atoms. The summed E-state index contributed by atoms with van der Waals surface area (Å²) in [7, 11) is 3.51. The first-order valence-electron chi connectivity index (χ1n) is 8.53. The van der Waals surface area contributed by atoms with Crippen molar-refractivity contribution in [3.63, 3.8) is 0 Å². The predicted octanol–water partition coefficient (Wildman–Crippen LogP) is 2.75. The van der Waals surface area contributed by atoms with Crippen LogP contribution in [-0.4, -0.2) is 42.4 Å².